The third-order valence-electron chi connectivity index (χ3n) is 1.44. The average molecular weight is 234 g/mol. The first-order chi connectivity index (χ1) is 6.70. The van der Waals surface area contributed by atoms with Crippen molar-refractivity contribution in [1.82, 2.24) is 4.98 Å². The molecule has 0 bridgehead atoms. The van der Waals surface area contributed by atoms with Gasteiger partial charge in [-0.05, 0) is 13.8 Å². The lowest BCUT2D eigenvalue weighted by Crippen LogP contribution is -1.99. The maximum atomic E-state index is 12.0. The minimum atomic E-state index is -2.98. The molecule has 1 aromatic heterocycles. The van der Waals surface area contributed by atoms with Crippen molar-refractivity contribution < 1.29 is 13.6 Å². The van der Waals surface area contributed by atoms with E-state index in [9.17, 15) is 4.57 Å². The molecule has 0 unspecified atom stereocenters. The molecule has 6 heteroatoms. The molecule has 1 radical (unpaired) electrons. The highest BCUT2D eigenvalue weighted by Gasteiger charge is 2.24. The van der Waals surface area contributed by atoms with Crippen molar-refractivity contribution in [2.45, 2.75) is 20.0 Å². The molecule has 0 N–H and O–H groups in total. The van der Waals surface area contributed by atoms with E-state index in [1.54, 1.807) is 19.2 Å². The Labute approximate surface area is 87.8 Å². The third-order valence-corrected chi connectivity index (χ3v) is 4.05. The van der Waals surface area contributed by atoms with Crippen molar-refractivity contribution in [1.29, 1.82) is 0 Å². The zero-order valence-corrected chi connectivity index (χ0v) is 9.94. The van der Waals surface area contributed by atoms with E-state index in [1.165, 1.54) is 11.3 Å². The Morgan fingerprint density at radius 2 is 2.14 bits per heavy atom. The molecular weight excluding hydrogens is 221 g/mol. The number of hydrogen-bond acceptors (Lipinski definition) is 5. The van der Waals surface area contributed by atoms with Gasteiger partial charge in [-0.2, -0.15) is 0 Å². The quantitative estimate of drug-likeness (QED) is 0.710. The van der Waals surface area contributed by atoms with Crippen LogP contribution in [0.3, 0.4) is 0 Å². The van der Waals surface area contributed by atoms with Crippen LogP contribution in [-0.4, -0.2) is 18.2 Å². The van der Waals surface area contributed by atoms with Gasteiger partial charge in [-0.1, -0.05) is 0 Å². The topological polar surface area (TPSA) is 48.4 Å². The number of thiazole rings is 1. The first kappa shape index (κ1) is 11.9. The lowest BCUT2D eigenvalue weighted by molar-refractivity contribution is 0.219. The molecule has 1 rings (SSSR count). The molecule has 1 aromatic rings. The van der Waals surface area contributed by atoms with Crippen molar-refractivity contribution in [3.8, 4) is 0 Å². The zero-order chi connectivity index (χ0) is 10.4. The van der Waals surface area contributed by atoms with E-state index in [0.29, 0.717) is 18.9 Å². The van der Waals surface area contributed by atoms with Gasteiger partial charge in [0, 0.05) is 5.38 Å². The van der Waals surface area contributed by atoms with Gasteiger partial charge < -0.3 is 9.05 Å². The molecule has 0 saturated heterocycles. The summed E-state index contributed by atoms with van der Waals surface area (Å²) in [5, 5.41) is 1.80. The van der Waals surface area contributed by atoms with Crippen LogP contribution in [0.25, 0.3) is 0 Å². The molecule has 0 atom stereocenters. The highest BCUT2D eigenvalue weighted by molar-refractivity contribution is 7.53. The van der Waals surface area contributed by atoms with Gasteiger partial charge >= 0.3 is 7.60 Å². The second-order valence-corrected chi connectivity index (χ2v) is 5.24. The maximum absolute atomic E-state index is 12.0. The lowest BCUT2D eigenvalue weighted by Gasteiger charge is -2.15. The van der Waals surface area contributed by atoms with E-state index >= 15 is 0 Å². The number of rotatable bonds is 6. The SMILES string of the molecule is CCOP(=O)(Cc1cs[c]n1)OCC. The normalized spacial score (nSPS) is 11.9. The molecule has 0 saturated carbocycles. The molecule has 14 heavy (non-hydrogen) atoms. The number of aromatic nitrogens is 1. The van der Waals surface area contributed by atoms with Crippen LogP contribution in [0.5, 0.6) is 0 Å². The first-order valence-corrected chi connectivity index (χ1v) is 6.99. The van der Waals surface area contributed by atoms with Gasteiger partial charge in [0.1, 0.15) is 0 Å². The molecule has 0 fully saturated rings. The minimum Gasteiger partial charge on any atom is -0.309 e. The molecule has 0 amide bonds. The fourth-order valence-electron chi connectivity index (χ4n) is 0.999. The summed E-state index contributed by atoms with van der Waals surface area (Å²) in [5.41, 5.74) is 3.40. The van der Waals surface area contributed by atoms with Crippen molar-refractivity contribution in [3.05, 3.63) is 16.6 Å². The summed E-state index contributed by atoms with van der Waals surface area (Å²) in [6, 6.07) is 0. The number of hydrogen-bond donors (Lipinski definition) is 0. The van der Waals surface area contributed by atoms with E-state index in [2.05, 4.69) is 10.5 Å². The summed E-state index contributed by atoms with van der Waals surface area (Å²) < 4.78 is 22.2. The maximum Gasteiger partial charge on any atom is 0.336 e. The van der Waals surface area contributed by atoms with Crippen molar-refractivity contribution in [2.24, 2.45) is 0 Å². The predicted molar refractivity (Wildman–Crippen MR) is 55.5 cm³/mol. The molecule has 1 heterocycles. The monoisotopic (exact) mass is 234 g/mol. The van der Waals surface area contributed by atoms with E-state index in [-0.39, 0.29) is 6.16 Å². The Hall–Kier alpha value is -0.220. The van der Waals surface area contributed by atoms with Gasteiger partial charge in [0.25, 0.3) is 0 Å². The van der Waals surface area contributed by atoms with Crippen molar-refractivity contribution in [3.63, 3.8) is 0 Å². The van der Waals surface area contributed by atoms with Crippen LogP contribution in [-0.2, 0) is 19.8 Å². The largest absolute Gasteiger partial charge is 0.336 e. The van der Waals surface area contributed by atoms with Gasteiger partial charge in [-0.3, -0.25) is 4.57 Å². The highest BCUT2D eigenvalue weighted by atomic mass is 32.1. The Kier molecular flexibility index (Phi) is 4.75. The third kappa shape index (κ3) is 3.50. The zero-order valence-electron chi connectivity index (χ0n) is 8.23. The summed E-state index contributed by atoms with van der Waals surface area (Å²) in [5.74, 6) is 0. The van der Waals surface area contributed by atoms with Crippen LogP contribution in [0, 0.1) is 5.51 Å². The van der Waals surface area contributed by atoms with Gasteiger partial charge in [0.15, 0.2) is 5.51 Å². The molecule has 0 aliphatic carbocycles. The molecule has 0 spiro atoms. The van der Waals surface area contributed by atoms with E-state index in [0.717, 1.165) is 0 Å². The summed E-state index contributed by atoms with van der Waals surface area (Å²) in [6.07, 6.45) is 0.231. The summed E-state index contributed by atoms with van der Waals surface area (Å²) in [6.45, 7) is 4.34. The van der Waals surface area contributed by atoms with Crippen LogP contribution >= 0.6 is 18.9 Å². The standard InChI is InChI=1S/C8H13NO3PS/c1-3-11-13(10,12-4-2)5-8-6-14-7-9-8/h6H,3-5H2,1-2H3. The molecular formula is C8H13NO3PS. The lowest BCUT2D eigenvalue weighted by atomic mass is 10.6. The fourth-order valence-corrected chi connectivity index (χ4v) is 3.22. The summed E-state index contributed by atoms with van der Waals surface area (Å²) in [7, 11) is -2.98. The first-order valence-electron chi connectivity index (χ1n) is 4.38. The fraction of sp³-hybridized carbons (Fsp3) is 0.625. The second-order valence-electron chi connectivity index (χ2n) is 2.53. The summed E-state index contributed by atoms with van der Waals surface area (Å²) in [4.78, 5) is 3.93. The highest BCUT2D eigenvalue weighted by Crippen LogP contribution is 2.50. The van der Waals surface area contributed by atoms with Crippen molar-refractivity contribution in [2.75, 3.05) is 13.2 Å². The predicted octanol–water partition coefficient (Wildman–Crippen LogP) is 2.71. The molecule has 79 valence electrons. The van der Waals surface area contributed by atoms with Gasteiger partial charge in [-0.25, -0.2) is 4.98 Å². The van der Waals surface area contributed by atoms with E-state index < -0.39 is 7.60 Å². The Morgan fingerprint density at radius 1 is 1.50 bits per heavy atom. The molecule has 0 aliphatic heterocycles. The molecule has 0 aromatic carbocycles. The van der Waals surface area contributed by atoms with Crippen LogP contribution in [0.2, 0.25) is 0 Å². The van der Waals surface area contributed by atoms with Gasteiger partial charge in [0.2, 0.25) is 0 Å². The van der Waals surface area contributed by atoms with Crippen LogP contribution in [0.4, 0.5) is 0 Å². The second kappa shape index (κ2) is 5.61. The van der Waals surface area contributed by atoms with Crippen LogP contribution < -0.4 is 0 Å². The Balaban J connectivity index is 2.64. The van der Waals surface area contributed by atoms with Crippen LogP contribution in [0.15, 0.2) is 5.38 Å². The van der Waals surface area contributed by atoms with Gasteiger partial charge in [-0.15, -0.1) is 11.3 Å². The van der Waals surface area contributed by atoms with Crippen LogP contribution in [0.1, 0.15) is 19.5 Å². The minimum absolute atomic E-state index is 0.231. The number of nitrogens with zero attached hydrogens (tertiary/aromatic N) is 1. The van der Waals surface area contributed by atoms with Crippen molar-refractivity contribution >= 4 is 18.9 Å². The molecule has 0 aliphatic rings. The average Bonchev–Trinajstić information content (AvgIpc) is 2.57. The molecule has 4 nitrogen and oxygen atoms in total. The van der Waals surface area contributed by atoms with Gasteiger partial charge in [0.05, 0.1) is 25.1 Å². The Morgan fingerprint density at radius 3 is 2.57 bits per heavy atom. The van der Waals surface area contributed by atoms with E-state index in [4.69, 9.17) is 9.05 Å². The smallest absolute Gasteiger partial charge is 0.309 e. The van der Waals surface area contributed by atoms with E-state index in [1.807, 2.05) is 0 Å². The Bertz CT molecular complexity index is 292. The summed E-state index contributed by atoms with van der Waals surface area (Å²) >= 11 is 1.35.